The van der Waals surface area contributed by atoms with Crippen molar-refractivity contribution in [2.75, 3.05) is 42.8 Å². The molecule has 31 heavy (non-hydrogen) atoms. The molecule has 0 spiro atoms. The average molecular weight is 484 g/mol. The second kappa shape index (κ2) is 9.58. The third-order valence-corrected chi connectivity index (χ3v) is 10.4. The molecule has 10 heteroatoms. The van der Waals surface area contributed by atoms with E-state index in [9.17, 15) is 16.8 Å². The van der Waals surface area contributed by atoms with Gasteiger partial charge in [0.1, 0.15) is 0 Å². The van der Waals surface area contributed by atoms with Crippen LogP contribution < -0.4 is 9.03 Å². The van der Waals surface area contributed by atoms with Crippen LogP contribution in [0.25, 0.3) is 0 Å². The lowest BCUT2D eigenvalue weighted by Crippen LogP contribution is -2.39. The number of likely N-dealkylation sites (tertiary alicyclic amines) is 1. The smallest absolute Gasteiger partial charge is 0.240 e. The number of hydrogen-bond donors (Lipinski definition) is 1. The van der Waals surface area contributed by atoms with E-state index in [2.05, 4.69) is 27.1 Å². The van der Waals surface area contributed by atoms with E-state index in [-0.39, 0.29) is 10.6 Å². The van der Waals surface area contributed by atoms with Crippen LogP contribution in [0, 0.1) is 0 Å². The Morgan fingerprint density at radius 3 is 2.42 bits per heavy atom. The minimum Gasteiger partial charge on any atom is -0.302 e. The summed E-state index contributed by atoms with van der Waals surface area (Å²) >= 11 is 1.81. The van der Waals surface area contributed by atoms with Crippen LogP contribution in [0.4, 0.5) is 5.69 Å². The van der Waals surface area contributed by atoms with E-state index in [4.69, 9.17) is 0 Å². The molecular formula is C21H29N3O4S3. The van der Waals surface area contributed by atoms with Gasteiger partial charge in [0, 0.05) is 24.5 Å². The minimum absolute atomic E-state index is 0.138. The van der Waals surface area contributed by atoms with Crippen molar-refractivity contribution in [1.29, 1.82) is 0 Å². The molecule has 170 valence electrons. The van der Waals surface area contributed by atoms with Crippen molar-refractivity contribution < 1.29 is 16.8 Å². The molecule has 2 saturated heterocycles. The maximum atomic E-state index is 12.6. The van der Waals surface area contributed by atoms with Gasteiger partial charge in [0.05, 0.1) is 16.3 Å². The third kappa shape index (κ3) is 5.48. The summed E-state index contributed by atoms with van der Waals surface area (Å²) in [5.41, 5.74) is 0.521. The number of nitrogens with zero attached hydrogens (tertiary/aromatic N) is 2. The van der Waals surface area contributed by atoms with Gasteiger partial charge in [0.25, 0.3) is 0 Å². The van der Waals surface area contributed by atoms with Crippen molar-refractivity contribution in [3.63, 3.8) is 0 Å². The standard InChI is InChI=1S/C21H29N3O4S3/c25-30(26)17-2-1-12-24(30)19-5-7-20(8-6-19)31(27,28)22-11-15-23-13-9-18(10-14-23)21-4-3-16-29-21/h3-8,16,18,22H,1-2,9-15,17H2. The fourth-order valence-corrected chi connectivity index (χ4v) is 7.82. The molecule has 0 radical (unpaired) electrons. The summed E-state index contributed by atoms with van der Waals surface area (Å²) in [6.07, 6.45) is 3.69. The van der Waals surface area contributed by atoms with E-state index in [1.54, 1.807) is 12.1 Å². The first-order valence-electron chi connectivity index (χ1n) is 10.7. The fraction of sp³-hybridized carbons (Fsp3) is 0.524. The summed E-state index contributed by atoms with van der Waals surface area (Å²) in [6.45, 7) is 3.43. The second-order valence-electron chi connectivity index (χ2n) is 8.12. The highest BCUT2D eigenvalue weighted by Crippen LogP contribution is 2.31. The van der Waals surface area contributed by atoms with Crippen LogP contribution in [0.1, 0.15) is 36.5 Å². The van der Waals surface area contributed by atoms with Gasteiger partial charge in [-0.1, -0.05) is 6.07 Å². The Hall–Kier alpha value is -1.46. The maximum absolute atomic E-state index is 12.6. The van der Waals surface area contributed by atoms with E-state index in [1.165, 1.54) is 21.3 Å². The minimum atomic E-state index is -3.63. The Labute approximate surface area is 189 Å². The lowest BCUT2D eigenvalue weighted by atomic mass is 9.95. The van der Waals surface area contributed by atoms with Gasteiger partial charge in [-0.2, -0.15) is 0 Å². The van der Waals surface area contributed by atoms with E-state index < -0.39 is 20.0 Å². The Kier molecular flexibility index (Phi) is 7.02. The molecule has 3 heterocycles. The summed E-state index contributed by atoms with van der Waals surface area (Å²) < 4.78 is 53.8. The topological polar surface area (TPSA) is 86.8 Å². The Morgan fingerprint density at radius 1 is 1.03 bits per heavy atom. The summed E-state index contributed by atoms with van der Waals surface area (Å²) in [5.74, 6) is 0.759. The molecule has 0 atom stereocenters. The zero-order chi connectivity index (χ0) is 21.9. The fourth-order valence-electron chi connectivity index (χ4n) is 4.26. The first kappa shape index (κ1) is 22.7. The van der Waals surface area contributed by atoms with Crippen LogP contribution in [0.2, 0.25) is 0 Å². The van der Waals surface area contributed by atoms with Crippen LogP contribution in [0.15, 0.2) is 46.7 Å². The van der Waals surface area contributed by atoms with Gasteiger partial charge in [-0.3, -0.25) is 4.31 Å². The maximum Gasteiger partial charge on any atom is 0.240 e. The molecule has 7 nitrogen and oxygen atoms in total. The summed E-state index contributed by atoms with van der Waals surface area (Å²) in [4.78, 5) is 3.90. The van der Waals surface area contributed by atoms with Crippen LogP contribution in [0.3, 0.4) is 0 Å². The van der Waals surface area contributed by atoms with Gasteiger partial charge in [0.15, 0.2) is 0 Å². The zero-order valence-corrected chi connectivity index (χ0v) is 19.9. The van der Waals surface area contributed by atoms with E-state index in [1.807, 2.05) is 11.3 Å². The Morgan fingerprint density at radius 2 is 1.77 bits per heavy atom. The van der Waals surface area contributed by atoms with Crippen molar-refractivity contribution in [1.82, 2.24) is 9.62 Å². The first-order valence-corrected chi connectivity index (χ1v) is 14.7. The van der Waals surface area contributed by atoms with Gasteiger partial charge in [0.2, 0.25) is 20.0 Å². The zero-order valence-electron chi connectivity index (χ0n) is 17.4. The van der Waals surface area contributed by atoms with E-state index in [0.29, 0.717) is 37.7 Å². The monoisotopic (exact) mass is 483 g/mol. The summed E-state index contributed by atoms with van der Waals surface area (Å²) in [6, 6.07) is 10.4. The number of nitrogens with one attached hydrogen (secondary N) is 1. The van der Waals surface area contributed by atoms with Crippen LogP contribution in [-0.2, 0) is 20.0 Å². The lowest BCUT2D eigenvalue weighted by Gasteiger charge is -2.31. The molecule has 0 aliphatic carbocycles. The number of piperidine rings is 1. The van der Waals surface area contributed by atoms with E-state index >= 15 is 0 Å². The van der Waals surface area contributed by atoms with Crippen molar-refractivity contribution in [2.45, 2.75) is 36.5 Å². The molecule has 1 aromatic heterocycles. The van der Waals surface area contributed by atoms with Gasteiger partial charge >= 0.3 is 0 Å². The highest BCUT2D eigenvalue weighted by molar-refractivity contribution is 7.92. The molecule has 2 aliphatic rings. The lowest BCUT2D eigenvalue weighted by molar-refractivity contribution is 0.217. The van der Waals surface area contributed by atoms with Crippen LogP contribution in [0.5, 0.6) is 0 Å². The number of thiophene rings is 1. The van der Waals surface area contributed by atoms with Crippen molar-refractivity contribution in [3.8, 4) is 0 Å². The van der Waals surface area contributed by atoms with Gasteiger partial charge in [-0.05, 0) is 80.4 Å². The molecule has 0 saturated carbocycles. The highest BCUT2D eigenvalue weighted by atomic mass is 32.2. The molecule has 2 aliphatic heterocycles. The van der Waals surface area contributed by atoms with Crippen LogP contribution >= 0.6 is 11.3 Å². The van der Waals surface area contributed by atoms with E-state index in [0.717, 1.165) is 32.4 Å². The molecule has 0 amide bonds. The first-order chi connectivity index (χ1) is 14.9. The summed E-state index contributed by atoms with van der Waals surface area (Å²) in [7, 11) is -6.93. The molecular weight excluding hydrogens is 454 g/mol. The SMILES string of the molecule is O=S(=O)(NCCN1CCC(c2cccs2)CC1)c1ccc(N2CCCCS2(=O)=O)cc1. The van der Waals surface area contributed by atoms with Gasteiger partial charge in [-0.25, -0.2) is 21.6 Å². The van der Waals surface area contributed by atoms with Crippen LogP contribution in [-0.4, -0.2) is 60.2 Å². The molecule has 2 aromatic rings. The van der Waals surface area contributed by atoms with Crippen molar-refractivity contribution in [2.24, 2.45) is 0 Å². The number of sulfonamides is 2. The third-order valence-electron chi connectivity index (χ3n) is 6.04. The van der Waals surface area contributed by atoms with Crippen molar-refractivity contribution >= 4 is 37.1 Å². The van der Waals surface area contributed by atoms with Gasteiger partial charge < -0.3 is 4.90 Å². The molecule has 0 unspecified atom stereocenters. The molecule has 1 aromatic carbocycles. The molecule has 0 bridgehead atoms. The number of rotatable bonds is 7. The number of hydrogen-bond acceptors (Lipinski definition) is 6. The average Bonchev–Trinajstić information content (AvgIpc) is 3.29. The largest absolute Gasteiger partial charge is 0.302 e. The normalized spacial score (nSPS) is 20.7. The number of anilines is 1. The Balaban J connectivity index is 1.28. The summed E-state index contributed by atoms with van der Waals surface area (Å²) in [5, 5.41) is 2.12. The van der Waals surface area contributed by atoms with Crippen molar-refractivity contribution in [3.05, 3.63) is 46.7 Å². The predicted molar refractivity (Wildman–Crippen MR) is 125 cm³/mol. The number of benzene rings is 1. The quantitative estimate of drug-likeness (QED) is 0.654. The highest BCUT2D eigenvalue weighted by Gasteiger charge is 2.26. The Bertz CT molecular complexity index is 1060. The molecule has 2 fully saturated rings. The second-order valence-corrected chi connectivity index (χ2v) is 12.9. The molecule has 1 N–H and O–H groups in total. The molecule has 4 rings (SSSR count). The van der Waals surface area contributed by atoms with Gasteiger partial charge in [-0.15, -0.1) is 11.3 Å². The predicted octanol–water partition coefficient (Wildman–Crippen LogP) is 2.84.